The average Bonchev–Trinajstić information content (AvgIpc) is 3.36. The van der Waals surface area contributed by atoms with Gasteiger partial charge in [0.05, 0.1) is 6.42 Å². The molecule has 0 saturated carbocycles. The molecule has 0 spiro atoms. The van der Waals surface area contributed by atoms with Gasteiger partial charge in [-0.05, 0) is 50.5 Å². The first-order valence-corrected chi connectivity index (χ1v) is 11.0. The van der Waals surface area contributed by atoms with E-state index in [9.17, 15) is 14.0 Å². The first kappa shape index (κ1) is 20.6. The van der Waals surface area contributed by atoms with Crippen molar-refractivity contribution in [3.05, 3.63) is 52.4 Å². The van der Waals surface area contributed by atoms with Gasteiger partial charge in [-0.3, -0.25) is 14.5 Å². The van der Waals surface area contributed by atoms with E-state index in [0.717, 1.165) is 39.8 Å². The van der Waals surface area contributed by atoms with Crippen LogP contribution in [-0.4, -0.2) is 51.8 Å². The van der Waals surface area contributed by atoms with Crippen LogP contribution in [0.5, 0.6) is 0 Å². The minimum Gasteiger partial charge on any atom is -0.358 e. The summed E-state index contributed by atoms with van der Waals surface area (Å²) in [4.78, 5) is 41.4. The van der Waals surface area contributed by atoms with Crippen LogP contribution in [0, 0.1) is 19.7 Å². The zero-order valence-electron chi connectivity index (χ0n) is 18.5. The predicted octanol–water partition coefficient (Wildman–Crippen LogP) is 3.18. The molecule has 166 valence electrons. The summed E-state index contributed by atoms with van der Waals surface area (Å²) in [5.74, 6) is 1.20. The summed E-state index contributed by atoms with van der Waals surface area (Å²) in [5.41, 5.74) is 4.50. The molecule has 2 aromatic heterocycles. The largest absolute Gasteiger partial charge is 0.358 e. The summed E-state index contributed by atoms with van der Waals surface area (Å²) in [5, 5.41) is 0.757. The van der Waals surface area contributed by atoms with Gasteiger partial charge in [-0.1, -0.05) is 0 Å². The number of hydrogen-bond acceptors (Lipinski definition) is 4. The number of nitrogens with zero attached hydrogens (tertiary/aromatic N) is 4. The molecule has 1 aromatic carbocycles. The number of hydrogen-bond donors (Lipinski definition) is 1. The minimum atomic E-state index is -0.310. The normalized spacial score (nSPS) is 18.5. The van der Waals surface area contributed by atoms with E-state index in [2.05, 4.69) is 4.98 Å². The topological polar surface area (TPSA) is 82.2 Å². The molecule has 3 aromatic rings. The van der Waals surface area contributed by atoms with Gasteiger partial charge in [0.15, 0.2) is 0 Å². The number of fused-ring (bicyclic) bond motifs is 2. The van der Waals surface area contributed by atoms with Gasteiger partial charge >= 0.3 is 0 Å². The number of carbonyl (C=O) groups is 2. The van der Waals surface area contributed by atoms with Gasteiger partial charge in [0, 0.05) is 60.3 Å². The van der Waals surface area contributed by atoms with Crippen LogP contribution in [0.4, 0.5) is 10.2 Å². The van der Waals surface area contributed by atoms with E-state index in [1.165, 1.54) is 12.1 Å². The van der Waals surface area contributed by atoms with Crippen molar-refractivity contribution in [2.45, 2.75) is 45.4 Å². The van der Waals surface area contributed by atoms with Crippen LogP contribution in [0.1, 0.15) is 47.1 Å². The molecule has 1 fully saturated rings. The Hall–Kier alpha value is -3.29. The molecule has 8 heteroatoms. The Morgan fingerprint density at radius 2 is 2.06 bits per heavy atom. The molecule has 1 saturated heterocycles. The molecule has 2 aliphatic heterocycles. The zero-order valence-corrected chi connectivity index (χ0v) is 18.5. The highest BCUT2D eigenvalue weighted by Gasteiger charge is 2.32. The first-order valence-electron chi connectivity index (χ1n) is 11.0. The number of likely N-dealkylation sites (tertiary alicyclic amines) is 1. The van der Waals surface area contributed by atoms with Crippen molar-refractivity contribution >= 4 is 28.5 Å². The lowest BCUT2D eigenvalue weighted by molar-refractivity contribution is -0.129. The van der Waals surface area contributed by atoms with Gasteiger partial charge in [-0.2, -0.15) is 0 Å². The number of carbonyl (C=O) groups excluding carboxylic acids is 2. The van der Waals surface area contributed by atoms with E-state index < -0.39 is 0 Å². The van der Waals surface area contributed by atoms with Gasteiger partial charge in [0.2, 0.25) is 11.8 Å². The zero-order chi connectivity index (χ0) is 22.6. The summed E-state index contributed by atoms with van der Waals surface area (Å²) in [6.45, 7) is 5.05. The third-order valence-electron chi connectivity index (χ3n) is 6.81. The van der Waals surface area contributed by atoms with Crippen molar-refractivity contribution in [1.29, 1.82) is 0 Å². The van der Waals surface area contributed by atoms with E-state index in [0.29, 0.717) is 37.6 Å². The molecule has 0 radical (unpaired) electrons. The number of aromatic amines is 1. The van der Waals surface area contributed by atoms with Gasteiger partial charge in [-0.15, -0.1) is 0 Å². The Labute approximate surface area is 185 Å². The van der Waals surface area contributed by atoms with Crippen LogP contribution in [0.2, 0.25) is 0 Å². The highest BCUT2D eigenvalue weighted by atomic mass is 19.1. The summed E-state index contributed by atoms with van der Waals surface area (Å²) in [6.07, 6.45) is 2.16. The molecule has 0 aliphatic carbocycles. The van der Waals surface area contributed by atoms with Crippen molar-refractivity contribution in [2.24, 2.45) is 0 Å². The number of aromatic nitrogens is 3. The number of anilines is 1. The number of amides is 2. The highest BCUT2D eigenvalue weighted by molar-refractivity contribution is 5.95. The Morgan fingerprint density at radius 1 is 1.25 bits per heavy atom. The molecule has 5 rings (SSSR count). The maximum absolute atomic E-state index is 13.8. The minimum absolute atomic E-state index is 0.0164. The number of nitrogens with one attached hydrogen (secondary N) is 1. The second kappa shape index (κ2) is 7.69. The molecule has 1 atom stereocenters. The molecule has 4 heterocycles. The summed E-state index contributed by atoms with van der Waals surface area (Å²) in [7, 11) is 1.76. The maximum Gasteiger partial charge on any atom is 0.228 e. The fraction of sp³-hybridized carbons (Fsp3) is 0.417. The summed E-state index contributed by atoms with van der Waals surface area (Å²) in [6, 6.07) is 4.60. The van der Waals surface area contributed by atoms with Crippen LogP contribution in [0.3, 0.4) is 0 Å². The number of rotatable bonds is 3. The second-order valence-corrected chi connectivity index (χ2v) is 8.84. The third-order valence-corrected chi connectivity index (χ3v) is 6.81. The van der Waals surface area contributed by atoms with Crippen molar-refractivity contribution in [2.75, 3.05) is 25.0 Å². The standard InChI is InChI=1S/C24H26FN5O2/c1-13-17-5-7-21(31)29(3)24(17)28-23(27-13)15-8-9-30(12-15)22(32)11-18-14(2)26-20-6-4-16(25)10-19(18)20/h4,6,10,15,26H,5,7-9,11-12H2,1-3H3/t15-/m1/s1. The number of benzene rings is 1. The number of halogens is 1. The molecule has 0 unspecified atom stereocenters. The van der Waals surface area contributed by atoms with Crippen LogP contribution < -0.4 is 4.90 Å². The summed E-state index contributed by atoms with van der Waals surface area (Å²) >= 11 is 0. The molecular weight excluding hydrogens is 409 g/mol. The quantitative estimate of drug-likeness (QED) is 0.685. The van der Waals surface area contributed by atoms with Crippen LogP contribution in [0.25, 0.3) is 10.9 Å². The third kappa shape index (κ3) is 3.43. The molecular formula is C24H26FN5O2. The van der Waals surface area contributed by atoms with Gasteiger partial charge < -0.3 is 9.88 Å². The van der Waals surface area contributed by atoms with Gasteiger partial charge in [-0.25, -0.2) is 14.4 Å². The smallest absolute Gasteiger partial charge is 0.228 e. The lowest BCUT2D eigenvalue weighted by Crippen LogP contribution is -2.33. The van der Waals surface area contributed by atoms with Crippen molar-refractivity contribution in [3.8, 4) is 0 Å². The van der Waals surface area contributed by atoms with E-state index in [1.54, 1.807) is 18.0 Å². The monoisotopic (exact) mass is 435 g/mol. The molecule has 2 amide bonds. The first-order chi connectivity index (χ1) is 15.3. The molecule has 7 nitrogen and oxygen atoms in total. The number of H-pyrrole nitrogens is 1. The lowest BCUT2D eigenvalue weighted by atomic mass is 10.0. The lowest BCUT2D eigenvalue weighted by Gasteiger charge is -2.26. The molecule has 32 heavy (non-hydrogen) atoms. The molecule has 1 N–H and O–H groups in total. The van der Waals surface area contributed by atoms with E-state index in [-0.39, 0.29) is 30.0 Å². The maximum atomic E-state index is 13.8. The highest BCUT2D eigenvalue weighted by Crippen LogP contribution is 2.32. The van der Waals surface area contributed by atoms with Crippen molar-refractivity contribution < 1.29 is 14.0 Å². The Bertz CT molecular complexity index is 1250. The molecule has 0 bridgehead atoms. The fourth-order valence-corrected chi connectivity index (χ4v) is 4.92. The van der Waals surface area contributed by atoms with Crippen LogP contribution in [0.15, 0.2) is 18.2 Å². The van der Waals surface area contributed by atoms with Crippen LogP contribution >= 0.6 is 0 Å². The Kier molecular flexibility index (Phi) is 4.95. The Balaban J connectivity index is 1.35. The fourth-order valence-electron chi connectivity index (χ4n) is 4.92. The summed E-state index contributed by atoms with van der Waals surface area (Å²) < 4.78 is 13.8. The SMILES string of the molecule is Cc1nc([C@@H]2CCN(C(=O)Cc3c(C)[nH]c4ccc(F)cc34)C2)nc2c1CCC(=O)N2C. The van der Waals surface area contributed by atoms with Crippen LogP contribution in [-0.2, 0) is 22.4 Å². The number of aryl methyl sites for hydroxylation is 2. The van der Waals surface area contributed by atoms with Gasteiger partial charge in [0.25, 0.3) is 0 Å². The van der Waals surface area contributed by atoms with Crippen molar-refractivity contribution in [3.63, 3.8) is 0 Å². The van der Waals surface area contributed by atoms with E-state index in [4.69, 9.17) is 9.97 Å². The molecule has 2 aliphatic rings. The predicted molar refractivity (Wildman–Crippen MR) is 119 cm³/mol. The Morgan fingerprint density at radius 3 is 2.88 bits per heavy atom. The van der Waals surface area contributed by atoms with E-state index >= 15 is 0 Å². The second-order valence-electron chi connectivity index (χ2n) is 8.84. The van der Waals surface area contributed by atoms with Gasteiger partial charge in [0.1, 0.15) is 17.5 Å². The van der Waals surface area contributed by atoms with E-state index in [1.807, 2.05) is 18.7 Å². The average molecular weight is 436 g/mol. The van der Waals surface area contributed by atoms with Crippen molar-refractivity contribution in [1.82, 2.24) is 19.9 Å².